The molecule has 0 spiro atoms. The van der Waals surface area contributed by atoms with Gasteiger partial charge in [-0.1, -0.05) is 18.6 Å². The number of piperidine rings is 1. The van der Waals surface area contributed by atoms with Gasteiger partial charge < -0.3 is 19.9 Å². The number of hydrogen-bond donors (Lipinski definition) is 1. The minimum Gasteiger partial charge on any atom is -0.497 e. The van der Waals surface area contributed by atoms with E-state index in [9.17, 15) is 13.2 Å². The number of aryl methyl sites for hydroxylation is 1. The molecule has 0 radical (unpaired) electrons. The van der Waals surface area contributed by atoms with Crippen molar-refractivity contribution < 1.29 is 17.9 Å². The third kappa shape index (κ3) is 8.55. The molecule has 1 amide bonds. The maximum absolute atomic E-state index is 13.1. The Morgan fingerprint density at radius 1 is 1.03 bits per heavy atom. The molecule has 186 valence electrons. The lowest BCUT2D eigenvalue weighted by Crippen LogP contribution is -2.48. The second kappa shape index (κ2) is 13.3. The number of carbonyl (C=O) groups excluding carboxylic acids is 1. The highest BCUT2D eigenvalue weighted by molar-refractivity contribution is 7.89. The number of nitrogens with one attached hydrogen (secondary N) is 1. The zero-order valence-corrected chi connectivity index (χ0v) is 20.8. The summed E-state index contributed by atoms with van der Waals surface area (Å²) in [6, 6.07) is 7.75. The number of sulfonamides is 1. The highest BCUT2D eigenvalue weighted by Crippen LogP contribution is 2.14. The number of ether oxygens (including phenoxy) is 1. The van der Waals surface area contributed by atoms with Gasteiger partial charge >= 0.3 is 0 Å². The molecule has 8 nitrogen and oxygen atoms in total. The van der Waals surface area contributed by atoms with Gasteiger partial charge in [-0.2, -0.15) is 4.31 Å². The fourth-order valence-electron chi connectivity index (χ4n) is 4.51. The van der Waals surface area contributed by atoms with Crippen molar-refractivity contribution >= 4 is 15.9 Å². The molecular formula is C24H40N4O4S. The SMILES string of the molecule is COc1ccc(CCC(=O)N(CCCN2CCCCC2)CCS(=O)(=O)N2CCNCC2)cc1. The Bertz CT molecular complexity index is 819. The minimum atomic E-state index is -3.36. The number of carbonyl (C=O) groups is 1. The van der Waals surface area contributed by atoms with Crippen LogP contribution in [-0.4, -0.2) is 100 Å². The lowest BCUT2D eigenvalue weighted by molar-refractivity contribution is -0.131. The monoisotopic (exact) mass is 480 g/mol. The zero-order valence-electron chi connectivity index (χ0n) is 20.0. The highest BCUT2D eigenvalue weighted by atomic mass is 32.2. The largest absolute Gasteiger partial charge is 0.497 e. The van der Waals surface area contributed by atoms with Gasteiger partial charge in [-0.3, -0.25) is 4.79 Å². The van der Waals surface area contributed by atoms with Crippen LogP contribution in [0, 0.1) is 0 Å². The molecule has 3 rings (SSSR count). The summed E-state index contributed by atoms with van der Waals surface area (Å²) in [4.78, 5) is 17.3. The van der Waals surface area contributed by atoms with Crippen molar-refractivity contribution in [1.29, 1.82) is 0 Å². The van der Waals surface area contributed by atoms with E-state index in [-0.39, 0.29) is 18.2 Å². The Balaban J connectivity index is 1.54. The van der Waals surface area contributed by atoms with E-state index in [1.807, 2.05) is 24.3 Å². The Kier molecular flexibility index (Phi) is 10.4. The second-order valence-electron chi connectivity index (χ2n) is 8.95. The molecule has 0 bridgehead atoms. The van der Waals surface area contributed by atoms with Crippen molar-refractivity contribution in [3.63, 3.8) is 0 Å². The third-order valence-corrected chi connectivity index (χ3v) is 8.43. The smallest absolute Gasteiger partial charge is 0.222 e. The third-order valence-electron chi connectivity index (χ3n) is 6.58. The first-order valence-corrected chi connectivity index (χ1v) is 13.9. The summed E-state index contributed by atoms with van der Waals surface area (Å²) >= 11 is 0. The van der Waals surface area contributed by atoms with Crippen molar-refractivity contribution in [3.05, 3.63) is 29.8 Å². The standard InChI is InChI=1S/C24H40N4O4S/c1-32-23-9-6-22(7-10-23)8-11-24(29)27(17-5-16-26-14-3-2-4-15-26)20-21-33(30,31)28-18-12-25-13-19-28/h6-7,9-10,25H,2-5,8,11-21H2,1H3. The van der Waals surface area contributed by atoms with Crippen LogP contribution in [0.2, 0.25) is 0 Å². The predicted octanol–water partition coefficient (Wildman–Crippen LogP) is 1.57. The average molecular weight is 481 g/mol. The lowest BCUT2D eigenvalue weighted by Gasteiger charge is -2.30. The second-order valence-corrected chi connectivity index (χ2v) is 11.0. The van der Waals surface area contributed by atoms with Crippen LogP contribution in [0.5, 0.6) is 5.75 Å². The molecule has 2 aliphatic rings. The molecule has 1 N–H and O–H groups in total. The van der Waals surface area contributed by atoms with Gasteiger partial charge in [-0.15, -0.1) is 0 Å². The van der Waals surface area contributed by atoms with Gasteiger partial charge in [-0.25, -0.2) is 8.42 Å². The lowest BCUT2D eigenvalue weighted by atomic mass is 10.1. The number of piperazine rings is 1. The molecule has 0 saturated carbocycles. The number of hydrogen-bond acceptors (Lipinski definition) is 6. The first kappa shape index (κ1) is 25.9. The van der Waals surface area contributed by atoms with Gasteiger partial charge in [0.1, 0.15) is 5.75 Å². The molecular weight excluding hydrogens is 440 g/mol. The van der Waals surface area contributed by atoms with Crippen LogP contribution in [0.3, 0.4) is 0 Å². The molecule has 2 aliphatic heterocycles. The van der Waals surface area contributed by atoms with Gasteiger partial charge in [0.2, 0.25) is 15.9 Å². The summed E-state index contributed by atoms with van der Waals surface area (Å²) < 4.78 is 32.4. The molecule has 9 heteroatoms. The van der Waals surface area contributed by atoms with Crippen molar-refractivity contribution in [2.75, 3.05) is 71.8 Å². The summed E-state index contributed by atoms with van der Waals surface area (Å²) in [6.45, 7) is 6.45. The van der Waals surface area contributed by atoms with Crippen molar-refractivity contribution in [1.82, 2.24) is 19.4 Å². The maximum atomic E-state index is 13.1. The summed E-state index contributed by atoms with van der Waals surface area (Å²) in [5, 5.41) is 3.19. The van der Waals surface area contributed by atoms with Gasteiger partial charge in [0.25, 0.3) is 0 Å². The Morgan fingerprint density at radius 3 is 2.39 bits per heavy atom. The Morgan fingerprint density at radius 2 is 1.73 bits per heavy atom. The highest BCUT2D eigenvalue weighted by Gasteiger charge is 2.25. The van der Waals surface area contributed by atoms with Crippen LogP contribution < -0.4 is 10.1 Å². The molecule has 33 heavy (non-hydrogen) atoms. The van der Waals surface area contributed by atoms with Gasteiger partial charge in [0.15, 0.2) is 0 Å². The van der Waals surface area contributed by atoms with Crippen LogP contribution in [0.4, 0.5) is 0 Å². The summed E-state index contributed by atoms with van der Waals surface area (Å²) in [6.07, 6.45) is 5.68. The van der Waals surface area contributed by atoms with Crippen LogP contribution in [0.15, 0.2) is 24.3 Å². The molecule has 2 fully saturated rings. The van der Waals surface area contributed by atoms with Gasteiger partial charge in [0.05, 0.1) is 12.9 Å². The first-order chi connectivity index (χ1) is 16.0. The summed E-state index contributed by atoms with van der Waals surface area (Å²) in [5.74, 6) is 0.813. The van der Waals surface area contributed by atoms with Crippen molar-refractivity contribution in [3.8, 4) is 5.75 Å². The predicted molar refractivity (Wildman–Crippen MR) is 131 cm³/mol. The van der Waals surface area contributed by atoms with E-state index in [2.05, 4.69) is 10.2 Å². The molecule has 1 aromatic carbocycles. The summed E-state index contributed by atoms with van der Waals surface area (Å²) in [5.41, 5.74) is 1.07. The molecule has 0 unspecified atom stereocenters. The molecule has 2 saturated heterocycles. The Hall–Kier alpha value is -1.68. The van der Waals surface area contributed by atoms with Gasteiger partial charge in [-0.05, 0) is 63.0 Å². The van der Waals surface area contributed by atoms with E-state index in [1.54, 1.807) is 16.3 Å². The molecule has 1 aromatic rings. The van der Waals surface area contributed by atoms with Crippen LogP contribution in [0.1, 0.15) is 37.7 Å². The normalized spacial score (nSPS) is 18.2. The number of amides is 1. The maximum Gasteiger partial charge on any atom is 0.222 e. The average Bonchev–Trinajstić information content (AvgIpc) is 2.86. The molecule has 0 aromatic heterocycles. The van der Waals surface area contributed by atoms with Crippen LogP contribution in [0.25, 0.3) is 0 Å². The molecule has 2 heterocycles. The number of methoxy groups -OCH3 is 1. The van der Waals surface area contributed by atoms with Crippen LogP contribution >= 0.6 is 0 Å². The van der Waals surface area contributed by atoms with E-state index in [0.29, 0.717) is 45.6 Å². The number of likely N-dealkylation sites (tertiary alicyclic amines) is 1. The quantitative estimate of drug-likeness (QED) is 0.489. The number of benzene rings is 1. The van der Waals surface area contributed by atoms with E-state index >= 15 is 0 Å². The number of rotatable bonds is 12. The topological polar surface area (TPSA) is 82.2 Å². The summed E-state index contributed by atoms with van der Waals surface area (Å²) in [7, 11) is -1.72. The Labute approximate surface area is 199 Å². The number of nitrogens with zero attached hydrogens (tertiary/aromatic N) is 3. The fourth-order valence-corrected chi connectivity index (χ4v) is 5.96. The fraction of sp³-hybridized carbons (Fsp3) is 0.708. The van der Waals surface area contributed by atoms with Crippen molar-refractivity contribution in [2.24, 2.45) is 0 Å². The minimum absolute atomic E-state index is 0.00894. The van der Waals surface area contributed by atoms with Crippen molar-refractivity contribution in [2.45, 2.75) is 38.5 Å². The van der Waals surface area contributed by atoms with E-state index in [0.717, 1.165) is 37.4 Å². The van der Waals surface area contributed by atoms with E-state index in [1.165, 1.54) is 19.3 Å². The van der Waals surface area contributed by atoms with Gasteiger partial charge in [0, 0.05) is 45.7 Å². The molecule has 0 atom stereocenters. The molecule has 0 aliphatic carbocycles. The van der Waals surface area contributed by atoms with E-state index in [4.69, 9.17) is 4.74 Å². The first-order valence-electron chi connectivity index (χ1n) is 12.3. The van der Waals surface area contributed by atoms with Crippen LogP contribution in [-0.2, 0) is 21.2 Å². The zero-order chi connectivity index (χ0) is 23.5. The van der Waals surface area contributed by atoms with E-state index < -0.39 is 10.0 Å².